The van der Waals surface area contributed by atoms with E-state index in [1.54, 1.807) is 0 Å². The van der Waals surface area contributed by atoms with Crippen LogP contribution in [0.4, 0.5) is 0 Å². The van der Waals surface area contributed by atoms with Crippen LogP contribution in [0.2, 0.25) is 0 Å². The van der Waals surface area contributed by atoms with Crippen molar-refractivity contribution in [1.29, 1.82) is 0 Å². The molecule has 0 spiro atoms. The van der Waals surface area contributed by atoms with Crippen LogP contribution in [-0.2, 0) is 19.1 Å². The number of carboxylic acid groups (broad SMARTS) is 1. The van der Waals surface area contributed by atoms with Gasteiger partial charge in [0, 0.05) is 19.1 Å². The Balaban J connectivity index is 2.41. The molecular weight excluding hydrogens is 238 g/mol. The smallest absolute Gasteiger partial charge is 0.326 e. The Labute approximate surface area is 107 Å². The van der Waals surface area contributed by atoms with E-state index in [0.717, 1.165) is 19.3 Å². The molecular formula is C12H21NO5. The molecule has 2 N–H and O–H groups in total. The fraction of sp³-hybridized carbons (Fsp3) is 0.833. The fourth-order valence-corrected chi connectivity index (χ4v) is 1.93. The Bertz CT molecular complexity index is 276. The molecule has 1 fully saturated rings. The van der Waals surface area contributed by atoms with Gasteiger partial charge in [-0.1, -0.05) is 6.92 Å². The average molecular weight is 259 g/mol. The third-order valence-electron chi connectivity index (χ3n) is 2.83. The number of carboxylic acids is 1. The lowest BCUT2D eigenvalue weighted by Gasteiger charge is -2.28. The highest BCUT2D eigenvalue weighted by Gasteiger charge is 2.31. The number of amides is 1. The van der Waals surface area contributed by atoms with Crippen LogP contribution < -0.4 is 5.32 Å². The summed E-state index contributed by atoms with van der Waals surface area (Å²) in [7, 11) is 0. The molecule has 18 heavy (non-hydrogen) atoms. The van der Waals surface area contributed by atoms with Crippen LogP contribution in [0.15, 0.2) is 0 Å². The molecule has 1 rings (SSSR count). The zero-order chi connectivity index (χ0) is 13.4. The molecule has 1 aliphatic heterocycles. The maximum absolute atomic E-state index is 11.5. The summed E-state index contributed by atoms with van der Waals surface area (Å²) >= 11 is 0. The molecule has 2 unspecified atom stereocenters. The summed E-state index contributed by atoms with van der Waals surface area (Å²) in [5, 5.41) is 11.6. The van der Waals surface area contributed by atoms with Crippen molar-refractivity contribution in [2.75, 3.05) is 26.4 Å². The van der Waals surface area contributed by atoms with Crippen molar-refractivity contribution >= 4 is 11.9 Å². The molecule has 0 saturated carbocycles. The summed E-state index contributed by atoms with van der Waals surface area (Å²) in [6.45, 7) is 3.39. The van der Waals surface area contributed by atoms with Gasteiger partial charge in [-0.05, 0) is 19.3 Å². The van der Waals surface area contributed by atoms with Crippen molar-refractivity contribution in [3.63, 3.8) is 0 Å². The van der Waals surface area contributed by atoms with Gasteiger partial charge in [0.05, 0.1) is 6.61 Å². The Hall–Kier alpha value is -1.14. The molecule has 1 heterocycles. The maximum atomic E-state index is 11.5. The molecule has 1 aliphatic rings. The summed E-state index contributed by atoms with van der Waals surface area (Å²) < 4.78 is 10.3. The second kappa shape index (κ2) is 8.05. The minimum absolute atomic E-state index is 0.0921. The average Bonchev–Trinajstić information content (AvgIpc) is 2.37. The molecule has 6 heteroatoms. The Morgan fingerprint density at radius 2 is 2.33 bits per heavy atom. The molecule has 0 bridgehead atoms. The van der Waals surface area contributed by atoms with Gasteiger partial charge in [-0.25, -0.2) is 4.79 Å². The van der Waals surface area contributed by atoms with Gasteiger partial charge in [0.1, 0.15) is 12.6 Å². The van der Waals surface area contributed by atoms with Crippen LogP contribution in [-0.4, -0.2) is 49.5 Å². The largest absolute Gasteiger partial charge is 0.480 e. The number of nitrogens with one attached hydrogen (secondary N) is 1. The number of carbonyl (C=O) groups excluding carboxylic acids is 1. The Kier molecular flexibility index (Phi) is 6.67. The van der Waals surface area contributed by atoms with Gasteiger partial charge in [0.2, 0.25) is 5.91 Å². The van der Waals surface area contributed by atoms with Gasteiger partial charge in [0.25, 0.3) is 0 Å². The van der Waals surface area contributed by atoms with Crippen LogP contribution in [0.3, 0.4) is 0 Å². The minimum atomic E-state index is -1.02. The predicted molar refractivity (Wildman–Crippen MR) is 64.2 cm³/mol. The van der Waals surface area contributed by atoms with E-state index >= 15 is 0 Å². The maximum Gasteiger partial charge on any atom is 0.326 e. The highest BCUT2D eigenvalue weighted by molar-refractivity contribution is 5.84. The van der Waals surface area contributed by atoms with Crippen molar-refractivity contribution in [3.8, 4) is 0 Å². The van der Waals surface area contributed by atoms with E-state index in [2.05, 4.69) is 5.32 Å². The van der Waals surface area contributed by atoms with Crippen molar-refractivity contribution in [1.82, 2.24) is 5.32 Å². The molecule has 0 radical (unpaired) electrons. The van der Waals surface area contributed by atoms with Crippen LogP contribution in [0.5, 0.6) is 0 Å². The first-order chi connectivity index (χ1) is 8.65. The summed E-state index contributed by atoms with van der Waals surface area (Å²) in [4.78, 5) is 22.7. The number of carbonyl (C=O) groups is 2. The first kappa shape index (κ1) is 14.9. The minimum Gasteiger partial charge on any atom is -0.480 e. The van der Waals surface area contributed by atoms with Gasteiger partial charge in [-0.3, -0.25) is 4.79 Å². The monoisotopic (exact) mass is 259 g/mol. The Morgan fingerprint density at radius 3 is 2.89 bits per heavy atom. The lowest BCUT2D eigenvalue weighted by molar-refractivity contribution is -0.145. The first-order valence-corrected chi connectivity index (χ1v) is 6.32. The van der Waals surface area contributed by atoms with E-state index in [-0.39, 0.29) is 18.4 Å². The van der Waals surface area contributed by atoms with Crippen LogP contribution in [0.25, 0.3) is 0 Å². The first-order valence-electron chi connectivity index (χ1n) is 6.32. The number of hydrogen-bond donors (Lipinski definition) is 2. The van der Waals surface area contributed by atoms with E-state index in [4.69, 9.17) is 14.6 Å². The van der Waals surface area contributed by atoms with E-state index in [1.165, 1.54) is 0 Å². The van der Waals surface area contributed by atoms with Gasteiger partial charge < -0.3 is 19.9 Å². The number of ether oxygens (including phenoxy) is 2. The number of rotatable bonds is 7. The number of hydrogen-bond acceptors (Lipinski definition) is 4. The van der Waals surface area contributed by atoms with E-state index in [9.17, 15) is 9.59 Å². The third-order valence-corrected chi connectivity index (χ3v) is 2.83. The quantitative estimate of drug-likeness (QED) is 0.647. The van der Waals surface area contributed by atoms with Gasteiger partial charge in [0.15, 0.2) is 0 Å². The van der Waals surface area contributed by atoms with Crippen LogP contribution in [0.1, 0.15) is 26.2 Å². The standard InChI is InChI=1S/C12H21NO5/c1-2-5-17-8-10(14)13-11(12(15)16)9-4-3-6-18-7-9/h9,11H,2-8H2,1H3,(H,13,14)(H,15,16). The molecule has 0 aliphatic carbocycles. The lowest BCUT2D eigenvalue weighted by atomic mass is 9.94. The summed E-state index contributed by atoms with van der Waals surface area (Å²) in [6, 6.07) is -0.886. The predicted octanol–water partition coefficient (Wildman–Crippen LogP) is 0.409. The van der Waals surface area contributed by atoms with E-state index < -0.39 is 12.0 Å². The molecule has 104 valence electrons. The molecule has 6 nitrogen and oxygen atoms in total. The SMILES string of the molecule is CCCOCC(=O)NC(C(=O)O)C1CCCOC1. The molecule has 1 amide bonds. The highest BCUT2D eigenvalue weighted by atomic mass is 16.5. The van der Waals surface area contributed by atoms with Crippen molar-refractivity contribution in [3.05, 3.63) is 0 Å². The van der Waals surface area contributed by atoms with Gasteiger partial charge in [-0.15, -0.1) is 0 Å². The fourth-order valence-electron chi connectivity index (χ4n) is 1.93. The molecule has 0 aromatic carbocycles. The number of aliphatic carboxylic acids is 1. The summed E-state index contributed by atoms with van der Waals surface area (Å²) in [5.41, 5.74) is 0. The topological polar surface area (TPSA) is 84.9 Å². The Morgan fingerprint density at radius 1 is 1.56 bits per heavy atom. The van der Waals surface area contributed by atoms with Gasteiger partial charge >= 0.3 is 5.97 Å². The second-order valence-electron chi connectivity index (χ2n) is 4.41. The lowest BCUT2D eigenvalue weighted by Crippen LogP contribution is -2.49. The summed E-state index contributed by atoms with van der Waals surface area (Å²) in [6.07, 6.45) is 2.41. The highest BCUT2D eigenvalue weighted by Crippen LogP contribution is 2.17. The third kappa shape index (κ3) is 5.01. The van der Waals surface area contributed by atoms with E-state index in [0.29, 0.717) is 19.8 Å². The molecule has 2 atom stereocenters. The zero-order valence-corrected chi connectivity index (χ0v) is 10.7. The van der Waals surface area contributed by atoms with Gasteiger partial charge in [-0.2, -0.15) is 0 Å². The molecule has 1 saturated heterocycles. The molecule has 0 aromatic heterocycles. The molecule has 0 aromatic rings. The van der Waals surface area contributed by atoms with Crippen LogP contribution in [0, 0.1) is 5.92 Å². The second-order valence-corrected chi connectivity index (χ2v) is 4.41. The van der Waals surface area contributed by atoms with Crippen molar-refractivity contribution < 1.29 is 24.2 Å². The van der Waals surface area contributed by atoms with E-state index in [1.807, 2.05) is 6.92 Å². The van der Waals surface area contributed by atoms with Crippen molar-refractivity contribution in [2.45, 2.75) is 32.2 Å². The van der Waals surface area contributed by atoms with Crippen LogP contribution >= 0.6 is 0 Å². The van der Waals surface area contributed by atoms with Crippen molar-refractivity contribution in [2.24, 2.45) is 5.92 Å². The summed E-state index contributed by atoms with van der Waals surface area (Å²) in [5.74, 6) is -1.57. The zero-order valence-electron chi connectivity index (χ0n) is 10.7. The normalized spacial score (nSPS) is 21.3.